The summed E-state index contributed by atoms with van der Waals surface area (Å²) < 4.78 is 25.8. The van der Waals surface area contributed by atoms with Crippen molar-refractivity contribution < 1.29 is 18.7 Å². The molecule has 0 spiro atoms. The van der Waals surface area contributed by atoms with Crippen molar-refractivity contribution in [3.63, 3.8) is 0 Å². The number of halogens is 2. The van der Waals surface area contributed by atoms with Crippen LogP contribution in [0.2, 0.25) is 0 Å². The fourth-order valence-corrected chi connectivity index (χ4v) is 1.38. The molecule has 0 aromatic rings. The van der Waals surface area contributed by atoms with E-state index < -0.39 is 30.3 Å². The first kappa shape index (κ1) is 11.2. The maximum atomic E-state index is 12.9. The van der Waals surface area contributed by atoms with Gasteiger partial charge in [-0.3, -0.25) is 4.79 Å². The van der Waals surface area contributed by atoms with Gasteiger partial charge in [-0.25, -0.2) is 0 Å². The van der Waals surface area contributed by atoms with Crippen molar-refractivity contribution in [2.45, 2.75) is 24.4 Å². The number of amides is 1. The number of rotatable bonds is 2. The lowest BCUT2D eigenvalue weighted by molar-refractivity contribution is -0.146. The number of carbonyl (C=O) groups excluding carboxylic acids is 1. The highest BCUT2D eigenvalue weighted by Crippen LogP contribution is 2.32. The van der Waals surface area contributed by atoms with Crippen LogP contribution in [0.5, 0.6) is 0 Å². The molecule has 1 N–H and O–H groups in total. The number of aliphatic hydroxyl groups excluding tert-OH is 1. The largest absolute Gasteiger partial charge is 0.398 e. The summed E-state index contributed by atoms with van der Waals surface area (Å²) in [6.07, 6.45) is 2.32. The van der Waals surface area contributed by atoms with E-state index in [1.54, 1.807) is 0 Å². The molecule has 0 aliphatic carbocycles. The number of hydrogen-bond donors (Lipinski definition) is 1. The molecular weight excluding hydrogens is 191 g/mol. The van der Waals surface area contributed by atoms with Gasteiger partial charge < -0.3 is 10.0 Å². The van der Waals surface area contributed by atoms with E-state index in [-0.39, 0.29) is 0 Å². The molecule has 0 aromatic heterocycles. The van der Waals surface area contributed by atoms with E-state index in [0.717, 1.165) is 4.90 Å². The summed E-state index contributed by atoms with van der Waals surface area (Å²) in [6.45, 7) is 0. The Hall–Kier alpha value is -0.905. The van der Waals surface area contributed by atoms with Crippen LogP contribution in [0.3, 0.4) is 0 Å². The van der Waals surface area contributed by atoms with Gasteiger partial charge in [0.25, 0.3) is 5.91 Å². The van der Waals surface area contributed by atoms with Crippen molar-refractivity contribution in [3.05, 3.63) is 12.2 Å². The number of hydrogen-bond acceptors (Lipinski definition) is 2. The van der Waals surface area contributed by atoms with Gasteiger partial charge in [0.15, 0.2) is 0 Å². The predicted octanol–water partition coefficient (Wildman–Crippen LogP) is -0.640. The van der Waals surface area contributed by atoms with Crippen LogP contribution in [-0.4, -0.2) is 48.8 Å². The van der Waals surface area contributed by atoms with Crippen molar-refractivity contribution in [3.8, 4) is 0 Å². The van der Waals surface area contributed by atoms with Gasteiger partial charge in [0, 0.05) is 19.5 Å². The smallest absolute Gasteiger partial charge is 0.327 e. The molecule has 1 aliphatic heterocycles. The van der Waals surface area contributed by atoms with E-state index in [1.807, 2.05) is 0 Å². The molecule has 6 heteroatoms. The molecule has 1 heterocycles. The maximum Gasteiger partial charge on any atom is 0.327 e. The van der Waals surface area contributed by atoms with Crippen molar-refractivity contribution >= 4 is 13.8 Å². The van der Waals surface area contributed by atoms with Crippen LogP contribution < -0.4 is 0 Å². The lowest BCUT2D eigenvalue weighted by Crippen LogP contribution is -2.32. The Morgan fingerprint density at radius 2 is 2.36 bits per heavy atom. The van der Waals surface area contributed by atoms with Crippen molar-refractivity contribution in [2.75, 3.05) is 7.05 Å². The summed E-state index contributed by atoms with van der Waals surface area (Å²) in [4.78, 5) is 12.0. The molecule has 1 aliphatic rings. The normalized spacial score (nSPS) is 28.7. The summed E-state index contributed by atoms with van der Waals surface area (Å²) in [6, 6.07) is -1.31. The highest BCUT2D eigenvalue weighted by atomic mass is 19.3. The first-order valence-electron chi connectivity index (χ1n) is 4.36. The van der Waals surface area contributed by atoms with Crippen LogP contribution in [0, 0.1) is 0 Å². The Morgan fingerprint density at radius 3 is 2.71 bits per heavy atom. The van der Waals surface area contributed by atoms with Gasteiger partial charge in [0.05, 0.1) is 6.04 Å². The number of likely N-dealkylation sites (N-methyl/N-ethyl adjacent to an activating group) is 1. The Morgan fingerprint density at radius 1 is 1.79 bits per heavy atom. The zero-order chi connectivity index (χ0) is 10.9. The van der Waals surface area contributed by atoms with Crippen LogP contribution in [-0.2, 0) is 4.79 Å². The Balaban J connectivity index is 2.71. The average Bonchev–Trinajstić information content (AvgIpc) is 2.26. The van der Waals surface area contributed by atoms with E-state index in [9.17, 15) is 13.6 Å². The molecule has 78 valence electrons. The number of likely N-dealkylation sites (tertiary alicyclic amines) is 1. The quantitative estimate of drug-likeness (QED) is 0.479. The standard InChI is InChI=1S/C8H12BF2NO2/c1-12-5(2-3-6(9)13)4-8(10,11)7(12)14/h2-3,5-6,13H,4,9H2,1H3/b3-2+/t5-,6+/m0/s1. The van der Waals surface area contributed by atoms with Gasteiger partial charge in [0.1, 0.15) is 7.85 Å². The fraction of sp³-hybridized carbons (Fsp3) is 0.625. The highest BCUT2D eigenvalue weighted by molar-refractivity contribution is 6.12. The molecule has 0 bridgehead atoms. The second-order valence-electron chi connectivity index (χ2n) is 3.52. The van der Waals surface area contributed by atoms with Gasteiger partial charge in [-0.05, 0) is 0 Å². The van der Waals surface area contributed by atoms with Crippen LogP contribution in [0.25, 0.3) is 0 Å². The number of alkyl halides is 2. The Kier molecular flexibility index (Phi) is 2.94. The van der Waals surface area contributed by atoms with Crippen LogP contribution >= 0.6 is 0 Å². The maximum absolute atomic E-state index is 12.9. The summed E-state index contributed by atoms with van der Waals surface area (Å²) >= 11 is 0. The third-order valence-electron chi connectivity index (χ3n) is 2.21. The SMILES string of the molecule is B[C@H](O)/C=C/[C@H]1CC(F)(F)C(=O)N1C. The number of nitrogens with zero attached hydrogens (tertiary/aromatic N) is 1. The van der Waals surface area contributed by atoms with E-state index in [0.29, 0.717) is 0 Å². The molecule has 1 saturated heterocycles. The molecule has 2 atom stereocenters. The third kappa shape index (κ3) is 2.12. The second kappa shape index (κ2) is 3.69. The summed E-state index contributed by atoms with van der Waals surface area (Å²) in [7, 11) is 2.85. The summed E-state index contributed by atoms with van der Waals surface area (Å²) in [5.41, 5.74) is 0. The molecule has 3 nitrogen and oxygen atoms in total. The lowest BCUT2D eigenvalue weighted by atomic mass is 9.99. The monoisotopic (exact) mass is 203 g/mol. The molecule has 14 heavy (non-hydrogen) atoms. The summed E-state index contributed by atoms with van der Waals surface area (Å²) in [5.74, 6) is -4.42. The van der Waals surface area contributed by atoms with Gasteiger partial charge in [0.2, 0.25) is 0 Å². The van der Waals surface area contributed by atoms with E-state index in [4.69, 9.17) is 5.11 Å². The first-order valence-corrected chi connectivity index (χ1v) is 4.36. The van der Waals surface area contributed by atoms with Crippen LogP contribution in [0.15, 0.2) is 12.2 Å². The predicted molar refractivity (Wildman–Crippen MR) is 49.8 cm³/mol. The van der Waals surface area contributed by atoms with Crippen LogP contribution in [0.4, 0.5) is 8.78 Å². The number of aliphatic hydroxyl groups is 1. The minimum Gasteiger partial charge on any atom is -0.398 e. The third-order valence-corrected chi connectivity index (χ3v) is 2.21. The molecule has 0 radical (unpaired) electrons. The fourth-order valence-electron chi connectivity index (χ4n) is 1.38. The van der Waals surface area contributed by atoms with Gasteiger partial charge in [-0.15, -0.1) is 0 Å². The molecule has 0 unspecified atom stereocenters. The second-order valence-corrected chi connectivity index (χ2v) is 3.52. The first-order chi connectivity index (χ1) is 6.34. The topological polar surface area (TPSA) is 40.5 Å². The Labute approximate surface area is 81.8 Å². The molecule has 1 fully saturated rings. The zero-order valence-electron chi connectivity index (χ0n) is 8.08. The average molecular weight is 203 g/mol. The minimum atomic E-state index is -3.26. The molecule has 0 aromatic carbocycles. The van der Waals surface area contributed by atoms with E-state index >= 15 is 0 Å². The Bertz CT molecular complexity index is 268. The van der Waals surface area contributed by atoms with Crippen molar-refractivity contribution in [2.24, 2.45) is 0 Å². The molecular formula is C8H12BF2NO2. The van der Waals surface area contributed by atoms with Gasteiger partial charge >= 0.3 is 5.92 Å². The van der Waals surface area contributed by atoms with Gasteiger partial charge in [-0.1, -0.05) is 12.2 Å². The van der Waals surface area contributed by atoms with E-state index in [1.165, 1.54) is 27.0 Å². The van der Waals surface area contributed by atoms with Crippen LogP contribution in [0.1, 0.15) is 6.42 Å². The lowest BCUT2D eigenvalue weighted by Gasteiger charge is -2.14. The number of carbonyl (C=O) groups is 1. The molecule has 1 amide bonds. The molecule has 1 rings (SSSR count). The van der Waals surface area contributed by atoms with E-state index in [2.05, 4.69) is 0 Å². The van der Waals surface area contributed by atoms with Gasteiger partial charge in [-0.2, -0.15) is 8.78 Å². The van der Waals surface area contributed by atoms with Crippen molar-refractivity contribution in [1.82, 2.24) is 4.90 Å². The molecule has 0 saturated carbocycles. The minimum absolute atomic E-state index is 0.508. The highest BCUT2D eigenvalue weighted by Gasteiger charge is 2.50. The van der Waals surface area contributed by atoms with Crippen molar-refractivity contribution in [1.29, 1.82) is 0 Å². The summed E-state index contributed by atoms with van der Waals surface area (Å²) in [5, 5.41) is 8.92. The zero-order valence-corrected chi connectivity index (χ0v) is 8.08.